The van der Waals surface area contributed by atoms with Crippen molar-refractivity contribution in [1.29, 1.82) is 0 Å². The number of rotatable bonds is 5. The average Bonchev–Trinajstić information content (AvgIpc) is 2.34. The van der Waals surface area contributed by atoms with Crippen LogP contribution >= 0.6 is 0 Å². The van der Waals surface area contributed by atoms with Crippen LogP contribution in [0.15, 0.2) is 36.9 Å². The van der Waals surface area contributed by atoms with Crippen LogP contribution in [0.4, 0.5) is 0 Å². The molecule has 0 bridgehead atoms. The molecule has 1 rings (SSSR count). The highest BCUT2D eigenvalue weighted by Crippen LogP contribution is 2.26. The predicted molar refractivity (Wildman–Crippen MR) is 78.3 cm³/mol. The lowest BCUT2D eigenvalue weighted by molar-refractivity contribution is -0.144. The van der Waals surface area contributed by atoms with Gasteiger partial charge in [0.2, 0.25) is 0 Å². The van der Waals surface area contributed by atoms with Crippen molar-refractivity contribution in [2.45, 2.75) is 38.6 Å². The van der Waals surface area contributed by atoms with Gasteiger partial charge in [-0.1, -0.05) is 51.1 Å². The zero-order chi connectivity index (χ0) is 14.7. The molecule has 3 nitrogen and oxygen atoms in total. The lowest BCUT2D eigenvalue weighted by Gasteiger charge is -2.27. The normalized spacial score (nSPS) is 14.7. The molecule has 19 heavy (non-hydrogen) atoms. The number of hydrogen-bond acceptors (Lipinski definition) is 2. The van der Waals surface area contributed by atoms with Crippen LogP contribution < -0.4 is 5.32 Å². The number of carboxylic acid groups (broad SMARTS) is 1. The summed E-state index contributed by atoms with van der Waals surface area (Å²) in [4.78, 5) is 11.5. The Labute approximate surface area is 115 Å². The van der Waals surface area contributed by atoms with E-state index in [9.17, 15) is 9.90 Å². The minimum absolute atomic E-state index is 0.0622. The van der Waals surface area contributed by atoms with E-state index < -0.39 is 11.5 Å². The molecule has 2 N–H and O–H groups in total. The molecule has 0 aliphatic heterocycles. The van der Waals surface area contributed by atoms with Crippen molar-refractivity contribution in [3.8, 4) is 0 Å². The minimum atomic E-state index is -1.09. The Kier molecular flexibility index (Phi) is 4.53. The summed E-state index contributed by atoms with van der Waals surface area (Å²) in [6, 6.07) is 7.74. The van der Waals surface area contributed by atoms with Gasteiger partial charge < -0.3 is 5.11 Å². The Morgan fingerprint density at radius 2 is 1.68 bits per heavy atom. The van der Waals surface area contributed by atoms with E-state index in [1.165, 1.54) is 5.56 Å². The standard InChI is InChI=1S/C16H23NO2/c1-6-11-17-16(5,14(18)19)13-9-7-12(8-10-13)15(2,3)4/h6-10,17H,1,11H2,2-5H3,(H,18,19). The van der Waals surface area contributed by atoms with Crippen LogP contribution in [0.1, 0.15) is 38.8 Å². The SMILES string of the molecule is C=CCNC(C)(C(=O)O)c1ccc(C(C)(C)C)cc1. The van der Waals surface area contributed by atoms with Gasteiger partial charge in [0.25, 0.3) is 0 Å². The topological polar surface area (TPSA) is 49.3 Å². The summed E-state index contributed by atoms with van der Waals surface area (Å²) >= 11 is 0. The third kappa shape index (κ3) is 3.44. The van der Waals surface area contributed by atoms with Crippen LogP contribution in [0.5, 0.6) is 0 Å². The van der Waals surface area contributed by atoms with Gasteiger partial charge in [0, 0.05) is 6.54 Å². The Morgan fingerprint density at radius 3 is 2.05 bits per heavy atom. The van der Waals surface area contributed by atoms with Gasteiger partial charge in [0.05, 0.1) is 0 Å². The first-order valence-corrected chi connectivity index (χ1v) is 6.42. The van der Waals surface area contributed by atoms with E-state index in [-0.39, 0.29) is 5.41 Å². The number of aliphatic carboxylic acids is 1. The lowest BCUT2D eigenvalue weighted by Crippen LogP contribution is -2.46. The maximum absolute atomic E-state index is 11.5. The Bertz CT molecular complexity index is 457. The smallest absolute Gasteiger partial charge is 0.328 e. The van der Waals surface area contributed by atoms with Crippen molar-refractivity contribution in [3.63, 3.8) is 0 Å². The van der Waals surface area contributed by atoms with Gasteiger partial charge >= 0.3 is 5.97 Å². The molecule has 1 unspecified atom stereocenters. The van der Waals surface area contributed by atoms with Crippen molar-refractivity contribution in [3.05, 3.63) is 48.0 Å². The van der Waals surface area contributed by atoms with E-state index in [0.717, 1.165) is 5.56 Å². The highest BCUT2D eigenvalue weighted by Gasteiger charge is 2.34. The van der Waals surface area contributed by atoms with Crippen LogP contribution in [0.3, 0.4) is 0 Å². The maximum atomic E-state index is 11.5. The zero-order valence-corrected chi connectivity index (χ0v) is 12.2. The fraction of sp³-hybridized carbons (Fsp3) is 0.438. The molecule has 0 heterocycles. The largest absolute Gasteiger partial charge is 0.480 e. The molecule has 0 aliphatic carbocycles. The first-order valence-electron chi connectivity index (χ1n) is 6.42. The van der Waals surface area contributed by atoms with Gasteiger partial charge in [-0.15, -0.1) is 6.58 Å². The molecule has 104 valence electrons. The summed E-state index contributed by atoms with van der Waals surface area (Å²) in [6.45, 7) is 12.1. The first kappa shape index (κ1) is 15.4. The van der Waals surface area contributed by atoms with E-state index >= 15 is 0 Å². The second-order valence-electron chi connectivity index (χ2n) is 5.93. The number of nitrogens with one attached hydrogen (secondary N) is 1. The quantitative estimate of drug-likeness (QED) is 0.801. The van der Waals surface area contributed by atoms with Gasteiger partial charge in [0.15, 0.2) is 0 Å². The Hall–Kier alpha value is -1.61. The van der Waals surface area contributed by atoms with Crippen molar-refractivity contribution in [2.75, 3.05) is 6.54 Å². The second-order valence-corrected chi connectivity index (χ2v) is 5.93. The van der Waals surface area contributed by atoms with Gasteiger partial charge in [-0.3, -0.25) is 5.32 Å². The fourth-order valence-electron chi connectivity index (χ4n) is 1.88. The summed E-state index contributed by atoms with van der Waals surface area (Å²) in [5, 5.41) is 12.4. The molecule has 0 amide bonds. The number of benzene rings is 1. The third-order valence-electron chi connectivity index (χ3n) is 3.36. The number of carboxylic acids is 1. The van der Waals surface area contributed by atoms with Crippen LogP contribution in [-0.4, -0.2) is 17.6 Å². The molecule has 0 aromatic heterocycles. The second kappa shape index (κ2) is 5.57. The highest BCUT2D eigenvalue weighted by atomic mass is 16.4. The molecule has 0 spiro atoms. The zero-order valence-electron chi connectivity index (χ0n) is 12.2. The van der Waals surface area contributed by atoms with Gasteiger partial charge in [0.1, 0.15) is 5.54 Å². The van der Waals surface area contributed by atoms with Crippen LogP contribution in [0.2, 0.25) is 0 Å². The molecule has 0 radical (unpaired) electrons. The van der Waals surface area contributed by atoms with Gasteiger partial charge in [-0.25, -0.2) is 4.79 Å². The van der Waals surface area contributed by atoms with E-state index in [1.54, 1.807) is 13.0 Å². The van der Waals surface area contributed by atoms with Gasteiger partial charge in [-0.2, -0.15) is 0 Å². The number of hydrogen-bond donors (Lipinski definition) is 2. The highest BCUT2D eigenvalue weighted by molar-refractivity contribution is 5.80. The third-order valence-corrected chi connectivity index (χ3v) is 3.36. The summed E-state index contributed by atoms with van der Waals surface area (Å²) in [5.74, 6) is -0.891. The Balaban J connectivity index is 3.11. The summed E-state index contributed by atoms with van der Waals surface area (Å²) in [6.07, 6.45) is 1.66. The van der Waals surface area contributed by atoms with Crippen molar-refractivity contribution in [1.82, 2.24) is 5.32 Å². The van der Waals surface area contributed by atoms with Crippen molar-refractivity contribution >= 4 is 5.97 Å². The lowest BCUT2D eigenvalue weighted by atomic mass is 9.84. The molecule has 0 saturated carbocycles. The van der Waals surface area contributed by atoms with Crippen LogP contribution in [0.25, 0.3) is 0 Å². The molecule has 0 saturated heterocycles. The summed E-state index contributed by atoms with van der Waals surface area (Å²) in [5.41, 5.74) is 0.902. The molecule has 1 aromatic carbocycles. The molecular formula is C16H23NO2. The molecule has 0 fully saturated rings. The minimum Gasteiger partial charge on any atom is -0.480 e. The predicted octanol–water partition coefficient (Wildman–Crippen LogP) is 3.06. The van der Waals surface area contributed by atoms with E-state index in [2.05, 4.69) is 32.7 Å². The molecular weight excluding hydrogens is 238 g/mol. The number of carbonyl (C=O) groups is 1. The van der Waals surface area contributed by atoms with Crippen molar-refractivity contribution < 1.29 is 9.90 Å². The van der Waals surface area contributed by atoms with Crippen LogP contribution in [0, 0.1) is 0 Å². The summed E-state index contributed by atoms with van der Waals surface area (Å²) < 4.78 is 0. The van der Waals surface area contributed by atoms with E-state index in [0.29, 0.717) is 6.54 Å². The van der Waals surface area contributed by atoms with Crippen molar-refractivity contribution in [2.24, 2.45) is 0 Å². The maximum Gasteiger partial charge on any atom is 0.328 e. The van der Waals surface area contributed by atoms with E-state index in [4.69, 9.17) is 0 Å². The molecule has 3 heteroatoms. The average molecular weight is 261 g/mol. The van der Waals surface area contributed by atoms with Crippen LogP contribution in [-0.2, 0) is 15.7 Å². The Morgan fingerprint density at radius 1 is 1.21 bits per heavy atom. The molecule has 1 atom stereocenters. The molecule has 0 aliphatic rings. The van der Waals surface area contributed by atoms with Gasteiger partial charge in [-0.05, 0) is 23.5 Å². The fourth-order valence-corrected chi connectivity index (χ4v) is 1.88. The molecule has 1 aromatic rings. The van der Waals surface area contributed by atoms with E-state index in [1.807, 2.05) is 24.3 Å². The monoisotopic (exact) mass is 261 g/mol. The summed E-state index contributed by atoms with van der Waals surface area (Å²) in [7, 11) is 0. The first-order chi connectivity index (χ1) is 8.71.